The van der Waals surface area contributed by atoms with Crippen LogP contribution >= 0.6 is 23.1 Å². The summed E-state index contributed by atoms with van der Waals surface area (Å²) in [5.74, 6) is 1.03. The first-order valence-electron chi connectivity index (χ1n) is 10.9. The molecule has 1 amide bonds. The van der Waals surface area contributed by atoms with Crippen LogP contribution in [0.15, 0.2) is 60.0 Å². The molecule has 1 aliphatic carbocycles. The molecule has 4 aromatic rings. The van der Waals surface area contributed by atoms with Gasteiger partial charge in [-0.25, -0.2) is 4.98 Å². The number of aromatic nitrogens is 5. The van der Waals surface area contributed by atoms with Gasteiger partial charge in [0.1, 0.15) is 0 Å². The van der Waals surface area contributed by atoms with Crippen LogP contribution in [0.1, 0.15) is 29.0 Å². The Morgan fingerprint density at radius 2 is 1.88 bits per heavy atom. The Morgan fingerprint density at radius 3 is 2.67 bits per heavy atom. The Kier molecular flexibility index (Phi) is 6.50. The SMILES string of the molecule is Cn1c(SCC(=O)N(Cc2ccccc2)c2nc3c(s2)CCCC3)nnc1-c1ccncc1. The molecule has 0 aliphatic heterocycles. The lowest BCUT2D eigenvalue weighted by Crippen LogP contribution is -2.32. The van der Waals surface area contributed by atoms with Gasteiger partial charge < -0.3 is 4.57 Å². The zero-order chi connectivity index (χ0) is 22.6. The van der Waals surface area contributed by atoms with Gasteiger partial charge in [0.05, 0.1) is 18.0 Å². The van der Waals surface area contributed by atoms with Crippen LogP contribution < -0.4 is 4.90 Å². The number of aryl methyl sites for hydroxylation is 2. The zero-order valence-electron chi connectivity index (χ0n) is 18.3. The number of carbonyl (C=O) groups excluding carboxylic acids is 1. The average molecular weight is 477 g/mol. The highest BCUT2D eigenvalue weighted by Crippen LogP contribution is 2.33. The molecule has 3 aromatic heterocycles. The number of thioether (sulfide) groups is 1. The van der Waals surface area contributed by atoms with Gasteiger partial charge in [0, 0.05) is 29.9 Å². The lowest BCUT2D eigenvalue weighted by Gasteiger charge is -2.20. The number of thiazole rings is 1. The maximum absolute atomic E-state index is 13.4. The summed E-state index contributed by atoms with van der Waals surface area (Å²) in [6.07, 6.45) is 7.90. The van der Waals surface area contributed by atoms with Crippen molar-refractivity contribution in [1.82, 2.24) is 24.7 Å². The third-order valence-corrected chi connectivity index (χ3v) is 7.83. The lowest BCUT2D eigenvalue weighted by molar-refractivity contribution is -0.116. The number of hydrogen-bond acceptors (Lipinski definition) is 7. The molecule has 0 atom stereocenters. The van der Waals surface area contributed by atoms with Gasteiger partial charge in [-0.1, -0.05) is 42.1 Å². The predicted molar refractivity (Wildman–Crippen MR) is 131 cm³/mol. The minimum absolute atomic E-state index is 0.0170. The first kappa shape index (κ1) is 21.8. The highest BCUT2D eigenvalue weighted by molar-refractivity contribution is 7.99. The van der Waals surface area contributed by atoms with E-state index in [1.165, 1.54) is 29.5 Å². The number of anilines is 1. The Balaban J connectivity index is 1.35. The van der Waals surface area contributed by atoms with E-state index >= 15 is 0 Å². The van der Waals surface area contributed by atoms with Crippen LogP contribution in [0, 0.1) is 0 Å². The van der Waals surface area contributed by atoms with Gasteiger partial charge in [-0.3, -0.25) is 14.7 Å². The van der Waals surface area contributed by atoms with Crippen LogP contribution in [0.3, 0.4) is 0 Å². The summed E-state index contributed by atoms with van der Waals surface area (Å²) in [7, 11) is 1.92. The van der Waals surface area contributed by atoms with E-state index in [9.17, 15) is 4.79 Å². The number of rotatable bonds is 7. The Labute approximate surface area is 200 Å². The second-order valence-corrected chi connectivity index (χ2v) is 9.93. The van der Waals surface area contributed by atoms with Gasteiger partial charge in [0.25, 0.3) is 0 Å². The predicted octanol–water partition coefficient (Wildman–Crippen LogP) is 4.54. The number of amides is 1. The number of benzene rings is 1. The van der Waals surface area contributed by atoms with E-state index < -0.39 is 0 Å². The third-order valence-electron chi connectivity index (χ3n) is 5.65. The van der Waals surface area contributed by atoms with Crippen LogP contribution in [0.2, 0.25) is 0 Å². The van der Waals surface area contributed by atoms with Gasteiger partial charge >= 0.3 is 0 Å². The van der Waals surface area contributed by atoms with Crippen LogP contribution in [0.5, 0.6) is 0 Å². The van der Waals surface area contributed by atoms with Crippen LogP contribution in [0.25, 0.3) is 11.4 Å². The quantitative estimate of drug-likeness (QED) is 0.365. The molecule has 33 heavy (non-hydrogen) atoms. The largest absolute Gasteiger partial charge is 0.305 e. The van der Waals surface area contributed by atoms with Crippen LogP contribution in [0.4, 0.5) is 5.13 Å². The summed E-state index contributed by atoms with van der Waals surface area (Å²) in [6.45, 7) is 0.508. The van der Waals surface area contributed by atoms with Crippen molar-refractivity contribution in [3.05, 3.63) is 71.0 Å². The maximum atomic E-state index is 13.4. The minimum Gasteiger partial charge on any atom is -0.305 e. The van der Waals surface area contributed by atoms with Crippen LogP contribution in [-0.4, -0.2) is 36.4 Å². The first-order valence-corrected chi connectivity index (χ1v) is 12.7. The molecule has 7 nitrogen and oxygen atoms in total. The summed E-state index contributed by atoms with van der Waals surface area (Å²) >= 11 is 3.06. The molecule has 0 bridgehead atoms. The number of pyridine rings is 1. The van der Waals surface area contributed by atoms with Gasteiger partial charge in [-0.15, -0.1) is 21.5 Å². The van der Waals surface area contributed by atoms with Crippen molar-refractivity contribution in [2.45, 2.75) is 37.4 Å². The summed E-state index contributed by atoms with van der Waals surface area (Å²) in [6, 6.07) is 13.9. The number of nitrogens with zero attached hydrogens (tertiary/aromatic N) is 6. The summed E-state index contributed by atoms with van der Waals surface area (Å²) in [4.78, 5) is 25.5. The van der Waals surface area contributed by atoms with E-state index in [-0.39, 0.29) is 11.7 Å². The summed E-state index contributed by atoms with van der Waals surface area (Å²) in [5, 5.41) is 10.1. The van der Waals surface area contributed by atoms with Gasteiger partial charge in [0.2, 0.25) is 5.91 Å². The molecule has 1 aromatic carbocycles. The second kappa shape index (κ2) is 9.84. The Bertz CT molecular complexity index is 1220. The summed E-state index contributed by atoms with van der Waals surface area (Å²) in [5.41, 5.74) is 3.19. The van der Waals surface area contributed by atoms with Crippen molar-refractivity contribution >= 4 is 34.1 Å². The molecule has 168 valence electrons. The monoisotopic (exact) mass is 476 g/mol. The fourth-order valence-electron chi connectivity index (χ4n) is 3.88. The van der Waals surface area contributed by atoms with E-state index in [4.69, 9.17) is 4.98 Å². The van der Waals surface area contributed by atoms with Crippen molar-refractivity contribution in [3.63, 3.8) is 0 Å². The Hall–Kier alpha value is -3.04. The molecule has 3 heterocycles. The molecule has 0 spiro atoms. The van der Waals surface area contributed by atoms with Crippen molar-refractivity contribution in [1.29, 1.82) is 0 Å². The van der Waals surface area contributed by atoms with Crippen molar-refractivity contribution < 1.29 is 4.79 Å². The second-order valence-electron chi connectivity index (χ2n) is 7.93. The van der Waals surface area contributed by atoms with Gasteiger partial charge in [-0.05, 0) is 43.4 Å². The van der Waals surface area contributed by atoms with Gasteiger partial charge in [0.15, 0.2) is 16.1 Å². The topological polar surface area (TPSA) is 76.8 Å². The molecule has 0 unspecified atom stereocenters. The molecule has 0 radical (unpaired) electrons. The van der Waals surface area contributed by atoms with Crippen molar-refractivity contribution in [2.24, 2.45) is 7.05 Å². The Morgan fingerprint density at radius 1 is 1.09 bits per heavy atom. The third kappa shape index (κ3) is 4.84. The average Bonchev–Trinajstić information content (AvgIpc) is 3.45. The lowest BCUT2D eigenvalue weighted by atomic mass is 10.0. The highest BCUT2D eigenvalue weighted by Gasteiger charge is 2.24. The molecule has 9 heteroatoms. The van der Waals surface area contributed by atoms with Crippen molar-refractivity contribution in [2.75, 3.05) is 10.7 Å². The van der Waals surface area contributed by atoms with Crippen molar-refractivity contribution in [3.8, 4) is 11.4 Å². The molecule has 0 saturated carbocycles. The van der Waals surface area contributed by atoms with E-state index in [1.807, 2.05) is 59.0 Å². The van der Waals surface area contributed by atoms with E-state index in [2.05, 4.69) is 15.2 Å². The number of carbonyl (C=O) groups is 1. The molecule has 0 saturated heterocycles. The maximum Gasteiger partial charge on any atom is 0.239 e. The molecular formula is C24H24N6OS2. The standard InChI is InChI=1S/C24H24N6OS2/c1-29-22(18-11-13-25-14-12-18)27-28-24(29)32-16-21(31)30(15-17-7-3-2-4-8-17)23-26-19-9-5-6-10-20(19)33-23/h2-4,7-8,11-14H,5-6,9-10,15-16H2,1H3. The normalized spacial score (nSPS) is 13.0. The number of hydrogen-bond donors (Lipinski definition) is 0. The number of fused-ring (bicyclic) bond motifs is 1. The fraction of sp³-hybridized carbons (Fsp3) is 0.292. The molecule has 1 aliphatic rings. The van der Waals surface area contributed by atoms with E-state index in [1.54, 1.807) is 23.7 Å². The molecule has 0 N–H and O–H groups in total. The highest BCUT2D eigenvalue weighted by atomic mass is 32.2. The zero-order valence-corrected chi connectivity index (χ0v) is 20.0. The summed E-state index contributed by atoms with van der Waals surface area (Å²) < 4.78 is 1.91. The molecular weight excluding hydrogens is 452 g/mol. The first-order chi connectivity index (χ1) is 16.2. The molecule has 5 rings (SSSR count). The molecule has 0 fully saturated rings. The van der Waals surface area contributed by atoms with E-state index in [0.717, 1.165) is 40.6 Å². The smallest absolute Gasteiger partial charge is 0.239 e. The van der Waals surface area contributed by atoms with Crippen LogP contribution in [-0.2, 0) is 31.2 Å². The van der Waals surface area contributed by atoms with Gasteiger partial charge in [-0.2, -0.15) is 0 Å². The fourth-order valence-corrected chi connectivity index (χ4v) is 5.83. The van der Waals surface area contributed by atoms with E-state index in [0.29, 0.717) is 11.7 Å². The minimum atomic E-state index is 0.0170.